The number of benzene rings is 3. The van der Waals surface area contributed by atoms with Crippen LogP contribution in [-0.2, 0) is 0 Å². The van der Waals surface area contributed by atoms with Gasteiger partial charge in [0.05, 0.1) is 0 Å². The van der Waals surface area contributed by atoms with E-state index in [1.54, 1.807) is 0 Å². The Balaban J connectivity index is 2.73. The van der Waals surface area contributed by atoms with Crippen molar-refractivity contribution in [2.75, 3.05) is 0 Å². The molecule has 0 aliphatic carbocycles. The Bertz CT molecular complexity index is 807. The van der Waals surface area contributed by atoms with Crippen LogP contribution in [-0.4, -0.2) is 0 Å². The number of hydrogen-bond acceptors (Lipinski definition) is 0. The maximum atomic E-state index is 3.99. The molecule has 0 unspecified atom stereocenters. The lowest BCUT2D eigenvalue weighted by atomic mass is 9.89. The molecule has 0 heterocycles. The van der Waals surface area contributed by atoms with Gasteiger partial charge in [-0.2, -0.15) is 0 Å². The standard InChI is InChI=1S/C19H16/c1-4-14-15(5-2)19-13(3)9-8-12-18(19)17-11-7-6-10-16(14)17/h4-12H,1-2H2,3H3. The molecule has 3 aromatic rings. The molecule has 0 bridgehead atoms. The van der Waals surface area contributed by atoms with Crippen LogP contribution in [0, 0.1) is 6.92 Å². The van der Waals surface area contributed by atoms with E-state index in [9.17, 15) is 0 Å². The highest BCUT2D eigenvalue weighted by atomic mass is 14.1. The second-order valence-electron chi connectivity index (χ2n) is 4.78. The maximum absolute atomic E-state index is 3.99. The molecule has 0 nitrogen and oxygen atoms in total. The highest BCUT2D eigenvalue weighted by Crippen LogP contribution is 2.35. The fraction of sp³-hybridized carbons (Fsp3) is 0.0526. The summed E-state index contributed by atoms with van der Waals surface area (Å²) in [4.78, 5) is 0. The summed E-state index contributed by atoms with van der Waals surface area (Å²) in [6.45, 7) is 10.1. The van der Waals surface area contributed by atoms with Crippen LogP contribution in [0.5, 0.6) is 0 Å². The number of rotatable bonds is 2. The highest BCUT2D eigenvalue weighted by molar-refractivity contribution is 6.15. The van der Waals surface area contributed by atoms with Crippen molar-refractivity contribution >= 4 is 33.7 Å². The van der Waals surface area contributed by atoms with E-state index in [4.69, 9.17) is 0 Å². The van der Waals surface area contributed by atoms with Crippen LogP contribution in [0.2, 0.25) is 0 Å². The molecule has 0 heteroatoms. The minimum atomic E-state index is 1.17. The zero-order valence-electron chi connectivity index (χ0n) is 11.1. The van der Waals surface area contributed by atoms with Gasteiger partial charge in [-0.05, 0) is 45.2 Å². The summed E-state index contributed by atoms with van der Waals surface area (Å²) in [6, 6.07) is 14.9. The van der Waals surface area contributed by atoms with Crippen LogP contribution >= 0.6 is 0 Å². The van der Waals surface area contributed by atoms with E-state index in [-0.39, 0.29) is 0 Å². The quantitative estimate of drug-likeness (QED) is 0.516. The summed E-state index contributed by atoms with van der Waals surface area (Å²) < 4.78 is 0. The molecule has 0 radical (unpaired) electrons. The molecule has 19 heavy (non-hydrogen) atoms. The Hall–Kier alpha value is -2.34. The third-order valence-corrected chi connectivity index (χ3v) is 3.75. The average Bonchev–Trinajstić information content (AvgIpc) is 2.46. The van der Waals surface area contributed by atoms with Gasteiger partial charge in [0.2, 0.25) is 0 Å². The van der Waals surface area contributed by atoms with Crippen molar-refractivity contribution in [2.24, 2.45) is 0 Å². The molecule has 0 spiro atoms. The normalized spacial score (nSPS) is 10.8. The van der Waals surface area contributed by atoms with Gasteiger partial charge in [-0.3, -0.25) is 0 Å². The smallest absolute Gasteiger partial charge is 0.00699 e. The molecule has 3 aromatic carbocycles. The third-order valence-electron chi connectivity index (χ3n) is 3.75. The van der Waals surface area contributed by atoms with Crippen molar-refractivity contribution in [1.29, 1.82) is 0 Å². The van der Waals surface area contributed by atoms with E-state index in [0.717, 1.165) is 0 Å². The largest absolute Gasteiger partial charge is 0.0984 e. The van der Waals surface area contributed by atoms with Gasteiger partial charge in [0.1, 0.15) is 0 Å². The predicted molar refractivity (Wildman–Crippen MR) is 86.4 cm³/mol. The van der Waals surface area contributed by atoms with E-state index in [2.05, 4.69) is 62.5 Å². The van der Waals surface area contributed by atoms with Gasteiger partial charge in [-0.25, -0.2) is 0 Å². The zero-order chi connectivity index (χ0) is 13.4. The maximum Gasteiger partial charge on any atom is -0.00699 e. The first-order chi connectivity index (χ1) is 9.27. The Labute approximate surface area is 113 Å². The highest BCUT2D eigenvalue weighted by Gasteiger charge is 2.11. The van der Waals surface area contributed by atoms with Gasteiger partial charge in [0, 0.05) is 0 Å². The van der Waals surface area contributed by atoms with Crippen molar-refractivity contribution in [3.05, 3.63) is 72.3 Å². The molecule has 0 saturated heterocycles. The van der Waals surface area contributed by atoms with Crippen LogP contribution in [0.15, 0.2) is 55.6 Å². The second-order valence-corrected chi connectivity index (χ2v) is 4.78. The molecule has 0 aromatic heterocycles. The molecule has 0 fully saturated rings. The van der Waals surface area contributed by atoms with Crippen LogP contribution in [0.25, 0.3) is 33.7 Å². The van der Waals surface area contributed by atoms with Crippen molar-refractivity contribution in [1.82, 2.24) is 0 Å². The molecule has 3 rings (SSSR count). The Morgan fingerprint density at radius 2 is 1.37 bits per heavy atom. The van der Waals surface area contributed by atoms with E-state index in [1.165, 1.54) is 38.2 Å². The fourth-order valence-electron chi connectivity index (χ4n) is 2.91. The predicted octanol–water partition coefficient (Wildman–Crippen LogP) is 5.59. The monoisotopic (exact) mass is 244 g/mol. The lowest BCUT2D eigenvalue weighted by molar-refractivity contribution is 1.53. The van der Waals surface area contributed by atoms with Crippen LogP contribution in [0.4, 0.5) is 0 Å². The summed E-state index contributed by atoms with van der Waals surface area (Å²) in [5.41, 5.74) is 3.63. The van der Waals surface area contributed by atoms with Crippen LogP contribution in [0.3, 0.4) is 0 Å². The van der Waals surface area contributed by atoms with Crippen molar-refractivity contribution in [3.8, 4) is 0 Å². The van der Waals surface area contributed by atoms with Gasteiger partial charge < -0.3 is 0 Å². The molecule has 0 saturated carbocycles. The average molecular weight is 244 g/mol. The summed E-state index contributed by atoms with van der Waals surface area (Å²) in [6.07, 6.45) is 3.88. The van der Waals surface area contributed by atoms with Crippen LogP contribution < -0.4 is 0 Å². The van der Waals surface area contributed by atoms with Crippen molar-refractivity contribution in [3.63, 3.8) is 0 Å². The Morgan fingerprint density at radius 1 is 0.737 bits per heavy atom. The third kappa shape index (κ3) is 1.61. The number of fused-ring (bicyclic) bond motifs is 3. The van der Waals surface area contributed by atoms with E-state index < -0.39 is 0 Å². The molecular weight excluding hydrogens is 228 g/mol. The summed E-state index contributed by atoms with van der Waals surface area (Å²) in [5, 5.41) is 5.09. The molecule has 0 atom stereocenters. The number of hydrogen-bond donors (Lipinski definition) is 0. The topological polar surface area (TPSA) is 0 Å². The first kappa shape index (κ1) is 11.7. The summed E-state index contributed by atoms with van der Waals surface area (Å²) in [5.74, 6) is 0. The van der Waals surface area contributed by atoms with Gasteiger partial charge >= 0.3 is 0 Å². The van der Waals surface area contributed by atoms with Gasteiger partial charge in [0.15, 0.2) is 0 Å². The summed E-state index contributed by atoms with van der Waals surface area (Å²) >= 11 is 0. The lowest BCUT2D eigenvalue weighted by Gasteiger charge is -2.14. The van der Waals surface area contributed by atoms with E-state index in [1.807, 2.05) is 12.2 Å². The SMILES string of the molecule is C=Cc1c(C=C)c2c(C)cccc2c2ccccc12. The minimum Gasteiger partial charge on any atom is -0.0984 e. The van der Waals surface area contributed by atoms with Crippen molar-refractivity contribution < 1.29 is 0 Å². The molecule has 92 valence electrons. The van der Waals surface area contributed by atoms with E-state index >= 15 is 0 Å². The fourth-order valence-corrected chi connectivity index (χ4v) is 2.91. The summed E-state index contributed by atoms with van der Waals surface area (Å²) in [7, 11) is 0. The van der Waals surface area contributed by atoms with Crippen molar-refractivity contribution in [2.45, 2.75) is 6.92 Å². The van der Waals surface area contributed by atoms with Gasteiger partial charge in [0.25, 0.3) is 0 Å². The first-order valence-corrected chi connectivity index (χ1v) is 6.47. The Kier molecular flexibility index (Phi) is 2.72. The molecule has 0 aliphatic rings. The first-order valence-electron chi connectivity index (χ1n) is 6.47. The van der Waals surface area contributed by atoms with Gasteiger partial charge in [-0.15, -0.1) is 0 Å². The molecular formula is C19H16. The lowest BCUT2D eigenvalue weighted by Crippen LogP contribution is -1.90. The zero-order valence-corrected chi connectivity index (χ0v) is 11.1. The molecule has 0 amide bonds. The second kappa shape index (κ2) is 4.40. The Morgan fingerprint density at radius 3 is 2.05 bits per heavy atom. The minimum absolute atomic E-state index is 1.17. The molecule has 0 N–H and O–H groups in total. The number of aryl methyl sites for hydroxylation is 1. The van der Waals surface area contributed by atoms with E-state index in [0.29, 0.717) is 0 Å². The van der Waals surface area contributed by atoms with Crippen LogP contribution in [0.1, 0.15) is 16.7 Å². The van der Waals surface area contributed by atoms with Gasteiger partial charge in [-0.1, -0.05) is 67.8 Å². The molecule has 0 aliphatic heterocycles.